The van der Waals surface area contributed by atoms with E-state index in [2.05, 4.69) is 34.6 Å². The molecule has 2 amide bonds. The van der Waals surface area contributed by atoms with Gasteiger partial charge in [0.05, 0.1) is 0 Å². The number of nitrogens with zero attached hydrogens (tertiary/aromatic N) is 4. The van der Waals surface area contributed by atoms with Crippen molar-refractivity contribution in [1.29, 1.82) is 0 Å². The monoisotopic (exact) mass is 348 g/mol. The van der Waals surface area contributed by atoms with E-state index in [4.69, 9.17) is 0 Å². The van der Waals surface area contributed by atoms with Gasteiger partial charge in [-0.1, -0.05) is 13.8 Å². The van der Waals surface area contributed by atoms with Crippen LogP contribution >= 0.6 is 0 Å². The van der Waals surface area contributed by atoms with Gasteiger partial charge in [-0.2, -0.15) is 4.98 Å². The number of amides is 2. The fourth-order valence-electron chi connectivity index (χ4n) is 3.54. The van der Waals surface area contributed by atoms with Crippen molar-refractivity contribution in [2.24, 2.45) is 5.92 Å². The van der Waals surface area contributed by atoms with Gasteiger partial charge in [0, 0.05) is 38.1 Å². The number of nitrogens with one attached hydrogen (secondary N) is 2. The molecular formula is C17H28N6O2. The highest BCUT2D eigenvalue weighted by atomic mass is 16.2. The van der Waals surface area contributed by atoms with Crippen LogP contribution in [0.15, 0.2) is 0 Å². The molecule has 0 saturated carbocycles. The molecule has 2 aliphatic rings. The zero-order chi connectivity index (χ0) is 17.8. The molecule has 8 nitrogen and oxygen atoms in total. The van der Waals surface area contributed by atoms with Crippen LogP contribution in [0.4, 0.5) is 5.95 Å². The average molecular weight is 348 g/mol. The second-order valence-electron chi connectivity index (χ2n) is 6.85. The van der Waals surface area contributed by atoms with Gasteiger partial charge in [-0.3, -0.25) is 9.59 Å². The Morgan fingerprint density at radius 1 is 1.24 bits per heavy atom. The molecule has 0 spiro atoms. The minimum Gasteiger partial charge on any atom is -0.354 e. The molecule has 8 heteroatoms. The topological polar surface area (TPSA) is 92.2 Å². The molecule has 0 aromatic carbocycles. The summed E-state index contributed by atoms with van der Waals surface area (Å²) in [7, 11) is 0. The highest BCUT2D eigenvalue weighted by molar-refractivity contribution is 5.91. The smallest absolute Gasteiger partial charge is 0.291 e. The maximum atomic E-state index is 12.4. The summed E-state index contributed by atoms with van der Waals surface area (Å²) in [6, 6.07) is 0.0757. The maximum absolute atomic E-state index is 12.4. The summed E-state index contributed by atoms with van der Waals surface area (Å²) < 4.78 is 1.75. The Balaban J connectivity index is 1.51. The molecule has 2 aliphatic heterocycles. The van der Waals surface area contributed by atoms with E-state index in [1.807, 2.05) is 4.90 Å². The van der Waals surface area contributed by atoms with Crippen LogP contribution in [0, 0.1) is 5.92 Å². The Kier molecular flexibility index (Phi) is 5.55. The Morgan fingerprint density at radius 2 is 1.96 bits per heavy atom. The standard InChI is InChI=1S/C17H28N6O2/c1-3-12(4-2)16(25)22-10-6-13(7-11-22)19-15(24)14-20-17-18-8-5-9-23(17)21-14/h12-13H,3-11H2,1-2H3,(H,19,24)(H,18,20,21). The second kappa shape index (κ2) is 7.84. The van der Waals surface area contributed by atoms with Crippen LogP contribution in [0.3, 0.4) is 0 Å². The number of hydrogen-bond acceptors (Lipinski definition) is 5. The zero-order valence-corrected chi connectivity index (χ0v) is 15.1. The molecule has 0 unspecified atom stereocenters. The van der Waals surface area contributed by atoms with Crippen molar-refractivity contribution in [3.63, 3.8) is 0 Å². The van der Waals surface area contributed by atoms with E-state index in [1.165, 1.54) is 0 Å². The highest BCUT2D eigenvalue weighted by Gasteiger charge is 2.28. The van der Waals surface area contributed by atoms with Crippen molar-refractivity contribution in [2.75, 3.05) is 25.0 Å². The summed E-state index contributed by atoms with van der Waals surface area (Å²) in [5.41, 5.74) is 0. The first-order valence-corrected chi connectivity index (χ1v) is 9.40. The number of rotatable bonds is 5. The van der Waals surface area contributed by atoms with Crippen LogP contribution < -0.4 is 10.6 Å². The molecule has 0 bridgehead atoms. The van der Waals surface area contributed by atoms with Crippen LogP contribution in [0.1, 0.15) is 56.6 Å². The maximum Gasteiger partial charge on any atom is 0.291 e. The van der Waals surface area contributed by atoms with E-state index >= 15 is 0 Å². The summed E-state index contributed by atoms with van der Waals surface area (Å²) in [4.78, 5) is 31.0. The molecule has 1 saturated heterocycles. The van der Waals surface area contributed by atoms with Gasteiger partial charge in [0.1, 0.15) is 0 Å². The SMILES string of the molecule is CCC(CC)C(=O)N1CCC(NC(=O)c2nc3n(n2)CCCN3)CC1. The molecule has 1 aromatic rings. The van der Waals surface area contributed by atoms with Crippen LogP contribution in [0.25, 0.3) is 0 Å². The molecule has 3 heterocycles. The summed E-state index contributed by atoms with van der Waals surface area (Å²) in [6.45, 7) is 7.18. The zero-order valence-electron chi connectivity index (χ0n) is 15.1. The number of carbonyl (C=O) groups is 2. The van der Waals surface area contributed by atoms with Crippen molar-refractivity contribution in [3.8, 4) is 0 Å². The summed E-state index contributed by atoms with van der Waals surface area (Å²) in [5, 5.41) is 10.4. The molecule has 25 heavy (non-hydrogen) atoms. The van der Waals surface area contributed by atoms with Gasteiger partial charge in [0.2, 0.25) is 17.7 Å². The Labute approximate surface area is 148 Å². The van der Waals surface area contributed by atoms with Crippen molar-refractivity contribution >= 4 is 17.8 Å². The Bertz CT molecular complexity index is 593. The lowest BCUT2D eigenvalue weighted by Crippen LogP contribution is -2.48. The number of anilines is 1. The third kappa shape index (κ3) is 3.93. The molecular weight excluding hydrogens is 320 g/mol. The quantitative estimate of drug-likeness (QED) is 0.835. The predicted molar refractivity (Wildman–Crippen MR) is 94.3 cm³/mol. The lowest BCUT2D eigenvalue weighted by Gasteiger charge is -2.34. The van der Waals surface area contributed by atoms with Crippen LogP contribution in [0.5, 0.6) is 0 Å². The molecule has 0 radical (unpaired) electrons. The van der Waals surface area contributed by atoms with Gasteiger partial charge in [0.15, 0.2) is 0 Å². The first-order valence-electron chi connectivity index (χ1n) is 9.40. The lowest BCUT2D eigenvalue weighted by molar-refractivity contribution is -0.136. The van der Waals surface area contributed by atoms with Crippen molar-refractivity contribution < 1.29 is 9.59 Å². The molecule has 0 atom stereocenters. The van der Waals surface area contributed by atoms with Crippen LogP contribution in [-0.2, 0) is 11.3 Å². The van der Waals surface area contributed by atoms with Gasteiger partial charge in [-0.05, 0) is 32.1 Å². The molecule has 0 aliphatic carbocycles. The average Bonchev–Trinajstić information content (AvgIpc) is 3.07. The van der Waals surface area contributed by atoms with E-state index in [0.717, 1.165) is 45.2 Å². The van der Waals surface area contributed by atoms with Crippen LogP contribution in [0.2, 0.25) is 0 Å². The number of hydrogen-bond donors (Lipinski definition) is 2. The van der Waals surface area contributed by atoms with Crippen molar-refractivity contribution in [2.45, 2.75) is 58.5 Å². The lowest BCUT2D eigenvalue weighted by atomic mass is 9.98. The van der Waals surface area contributed by atoms with Gasteiger partial charge < -0.3 is 15.5 Å². The third-order valence-electron chi connectivity index (χ3n) is 5.18. The number of carbonyl (C=O) groups excluding carboxylic acids is 2. The first kappa shape index (κ1) is 17.7. The van der Waals surface area contributed by atoms with Crippen molar-refractivity contribution in [1.82, 2.24) is 25.0 Å². The van der Waals surface area contributed by atoms with Gasteiger partial charge in [0.25, 0.3) is 5.91 Å². The molecule has 1 fully saturated rings. The first-order chi connectivity index (χ1) is 12.1. The van der Waals surface area contributed by atoms with Gasteiger partial charge in [-0.15, -0.1) is 5.10 Å². The molecule has 3 rings (SSSR count). The minimum absolute atomic E-state index is 0.0757. The second-order valence-corrected chi connectivity index (χ2v) is 6.85. The highest BCUT2D eigenvalue weighted by Crippen LogP contribution is 2.18. The van der Waals surface area contributed by atoms with E-state index in [1.54, 1.807) is 4.68 Å². The molecule has 2 N–H and O–H groups in total. The number of likely N-dealkylation sites (tertiary alicyclic amines) is 1. The van der Waals surface area contributed by atoms with Crippen molar-refractivity contribution in [3.05, 3.63) is 5.82 Å². The minimum atomic E-state index is -0.228. The normalized spacial score (nSPS) is 18.0. The van der Waals surface area contributed by atoms with E-state index in [-0.39, 0.29) is 29.6 Å². The van der Waals surface area contributed by atoms with Gasteiger partial charge >= 0.3 is 0 Å². The predicted octanol–water partition coefficient (Wildman–Crippen LogP) is 1.25. The Morgan fingerprint density at radius 3 is 2.60 bits per heavy atom. The summed E-state index contributed by atoms with van der Waals surface area (Å²) in [6.07, 6.45) is 4.32. The molecule has 138 valence electrons. The van der Waals surface area contributed by atoms with E-state index < -0.39 is 0 Å². The van der Waals surface area contributed by atoms with Gasteiger partial charge in [-0.25, -0.2) is 4.68 Å². The number of aryl methyl sites for hydroxylation is 1. The van der Waals surface area contributed by atoms with Crippen LogP contribution in [-0.4, -0.2) is 57.2 Å². The van der Waals surface area contributed by atoms with E-state index in [9.17, 15) is 9.59 Å². The number of aromatic nitrogens is 3. The third-order valence-corrected chi connectivity index (χ3v) is 5.18. The number of fused-ring (bicyclic) bond motifs is 1. The van der Waals surface area contributed by atoms with E-state index in [0.29, 0.717) is 19.0 Å². The largest absolute Gasteiger partial charge is 0.354 e. The molecule has 1 aromatic heterocycles. The Hall–Kier alpha value is -2.12. The summed E-state index contributed by atoms with van der Waals surface area (Å²) >= 11 is 0. The fraction of sp³-hybridized carbons (Fsp3) is 0.765. The summed E-state index contributed by atoms with van der Waals surface area (Å²) in [5.74, 6) is 1.04. The fourth-order valence-corrected chi connectivity index (χ4v) is 3.54. The number of piperidine rings is 1.